The predicted octanol–water partition coefficient (Wildman–Crippen LogP) is 2.66. The van der Waals surface area contributed by atoms with Gasteiger partial charge in [-0.25, -0.2) is 9.59 Å². The van der Waals surface area contributed by atoms with Gasteiger partial charge in [-0.15, -0.1) is 0 Å². The summed E-state index contributed by atoms with van der Waals surface area (Å²) in [6.45, 7) is 0.171. The van der Waals surface area contributed by atoms with E-state index < -0.39 is 11.9 Å². The SMILES string of the molecule is O=C(O)c1ccc(COc2ccccc2C(=O)O)cc1. The summed E-state index contributed by atoms with van der Waals surface area (Å²) in [5.41, 5.74) is 1.05. The van der Waals surface area contributed by atoms with Crippen molar-refractivity contribution in [1.29, 1.82) is 0 Å². The van der Waals surface area contributed by atoms with E-state index in [1.807, 2.05) is 0 Å². The molecule has 2 rings (SSSR count). The van der Waals surface area contributed by atoms with Gasteiger partial charge in [0.25, 0.3) is 0 Å². The summed E-state index contributed by atoms with van der Waals surface area (Å²) in [6, 6.07) is 12.6. The molecule has 0 aromatic heterocycles. The van der Waals surface area contributed by atoms with E-state index in [0.29, 0.717) is 0 Å². The van der Waals surface area contributed by atoms with Crippen molar-refractivity contribution >= 4 is 11.9 Å². The van der Waals surface area contributed by atoms with Gasteiger partial charge in [0, 0.05) is 0 Å². The molecule has 2 N–H and O–H groups in total. The van der Waals surface area contributed by atoms with E-state index in [1.54, 1.807) is 30.3 Å². The second-order valence-electron chi connectivity index (χ2n) is 4.09. The lowest BCUT2D eigenvalue weighted by molar-refractivity contribution is 0.0682. The minimum absolute atomic E-state index is 0.0923. The van der Waals surface area contributed by atoms with Gasteiger partial charge in [-0.3, -0.25) is 0 Å². The van der Waals surface area contributed by atoms with Gasteiger partial charge in [0.1, 0.15) is 17.9 Å². The monoisotopic (exact) mass is 272 g/mol. The van der Waals surface area contributed by atoms with Crippen LogP contribution >= 0.6 is 0 Å². The third-order valence-electron chi connectivity index (χ3n) is 2.71. The minimum Gasteiger partial charge on any atom is -0.488 e. The van der Waals surface area contributed by atoms with Crippen LogP contribution in [-0.4, -0.2) is 22.2 Å². The molecule has 0 saturated heterocycles. The number of rotatable bonds is 5. The molecule has 0 aliphatic heterocycles. The van der Waals surface area contributed by atoms with Crippen molar-refractivity contribution in [3.05, 3.63) is 65.2 Å². The maximum Gasteiger partial charge on any atom is 0.339 e. The Labute approximate surface area is 115 Å². The smallest absolute Gasteiger partial charge is 0.339 e. The molecule has 0 saturated carbocycles. The normalized spacial score (nSPS) is 10.0. The van der Waals surface area contributed by atoms with E-state index in [0.717, 1.165) is 5.56 Å². The first-order valence-corrected chi connectivity index (χ1v) is 5.85. The zero-order valence-electron chi connectivity index (χ0n) is 10.4. The quantitative estimate of drug-likeness (QED) is 0.874. The molecule has 0 aliphatic carbocycles. The zero-order chi connectivity index (χ0) is 14.5. The Balaban J connectivity index is 2.09. The largest absolute Gasteiger partial charge is 0.488 e. The van der Waals surface area contributed by atoms with Crippen LogP contribution in [-0.2, 0) is 6.61 Å². The second kappa shape index (κ2) is 5.88. The number of hydrogen-bond acceptors (Lipinski definition) is 3. The van der Waals surface area contributed by atoms with Crippen molar-refractivity contribution in [3.63, 3.8) is 0 Å². The Hall–Kier alpha value is -2.82. The van der Waals surface area contributed by atoms with Crippen LogP contribution in [0, 0.1) is 0 Å². The third kappa shape index (κ3) is 3.14. The molecular formula is C15H12O5. The Kier molecular flexibility index (Phi) is 4.00. The average molecular weight is 272 g/mol. The molecule has 0 spiro atoms. The van der Waals surface area contributed by atoms with Crippen LogP contribution in [0.25, 0.3) is 0 Å². The molecule has 0 radical (unpaired) electrons. The number of hydrogen-bond donors (Lipinski definition) is 2. The molecule has 102 valence electrons. The number of aromatic carboxylic acids is 2. The van der Waals surface area contributed by atoms with Crippen LogP contribution in [0.3, 0.4) is 0 Å². The van der Waals surface area contributed by atoms with E-state index in [-0.39, 0.29) is 23.5 Å². The summed E-state index contributed by atoms with van der Waals surface area (Å²) in [6.07, 6.45) is 0. The molecule has 5 heteroatoms. The van der Waals surface area contributed by atoms with Crippen LogP contribution in [0.15, 0.2) is 48.5 Å². The molecule has 0 bridgehead atoms. The Morgan fingerprint density at radius 2 is 1.55 bits per heavy atom. The van der Waals surface area contributed by atoms with Gasteiger partial charge >= 0.3 is 11.9 Å². The first-order chi connectivity index (χ1) is 9.58. The molecule has 0 atom stereocenters. The summed E-state index contributed by atoms with van der Waals surface area (Å²) in [4.78, 5) is 21.7. The van der Waals surface area contributed by atoms with Gasteiger partial charge in [-0.2, -0.15) is 0 Å². The average Bonchev–Trinajstić information content (AvgIpc) is 2.45. The summed E-state index contributed by atoms with van der Waals surface area (Å²) in [5, 5.41) is 17.8. The first kappa shape index (κ1) is 13.6. The maximum absolute atomic E-state index is 11.0. The fraction of sp³-hybridized carbons (Fsp3) is 0.0667. The van der Waals surface area contributed by atoms with Gasteiger partial charge in [0.15, 0.2) is 0 Å². The second-order valence-corrected chi connectivity index (χ2v) is 4.09. The van der Waals surface area contributed by atoms with Crippen molar-refractivity contribution < 1.29 is 24.5 Å². The molecular weight excluding hydrogens is 260 g/mol. The summed E-state index contributed by atoms with van der Waals surface area (Å²) >= 11 is 0. The molecule has 2 aromatic rings. The van der Waals surface area contributed by atoms with Gasteiger partial charge in [-0.05, 0) is 29.8 Å². The summed E-state index contributed by atoms with van der Waals surface area (Å²) in [5.74, 6) is -1.77. The molecule has 0 aliphatic rings. The Morgan fingerprint density at radius 3 is 2.15 bits per heavy atom. The summed E-state index contributed by atoms with van der Waals surface area (Å²) < 4.78 is 5.46. The standard InChI is InChI=1S/C15H12O5/c16-14(17)11-7-5-10(6-8-11)9-20-13-4-2-1-3-12(13)15(18)19/h1-8H,9H2,(H,16,17)(H,18,19). The summed E-state index contributed by atoms with van der Waals surface area (Å²) in [7, 11) is 0. The highest BCUT2D eigenvalue weighted by atomic mass is 16.5. The highest BCUT2D eigenvalue weighted by molar-refractivity contribution is 5.90. The van der Waals surface area contributed by atoms with Crippen molar-refractivity contribution in [2.75, 3.05) is 0 Å². The molecule has 2 aromatic carbocycles. The predicted molar refractivity (Wildman–Crippen MR) is 71.1 cm³/mol. The minimum atomic E-state index is -1.05. The topological polar surface area (TPSA) is 83.8 Å². The number of para-hydroxylation sites is 1. The lowest BCUT2D eigenvalue weighted by Crippen LogP contribution is -2.03. The van der Waals surface area contributed by atoms with E-state index in [4.69, 9.17) is 14.9 Å². The van der Waals surface area contributed by atoms with Gasteiger partial charge in [-0.1, -0.05) is 24.3 Å². The Bertz CT molecular complexity index is 631. The number of carboxylic acids is 2. The van der Waals surface area contributed by atoms with Crippen LogP contribution in [0.4, 0.5) is 0 Å². The lowest BCUT2D eigenvalue weighted by atomic mass is 10.1. The Morgan fingerprint density at radius 1 is 0.900 bits per heavy atom. The van der Waals surface area contributed by atoms with E-state index >= 15 is 0 Å². The maximum atomic E-state index is 11.0. The number of benzene rings is 2. The van der Waals surface area contributed by atoms with Crippen molar-refractivity contribution in [2.24, 2.45) is 0 Å². The number of ether oxygens (including phenoxy) is 1. The molecule has 0 heterocycles. The number of carboxylic acid groups (broad SMARTS) is 2. The molecule has 20 heavy (non-hydrogen) atoms. The lowest BCUT2D eigenvalue weighted by Gasteiger charge is -2.09. The van der Waals surface area contributed by atoms with E-state index in [2.05, 4.69) is 0 Å². The molecule has 0 amide bonds. The van der Waals surface area contributed by atoms with Crippen LogP contribution in [0.5, 0.6) is 5.75 Å². The molecule has 0 fully saturated rings. The van der Waals surface area contributed by atoms with Crippen LogP contribution in [0.1, 0.15) is 26.3 Å². The van der Waals surface area contributed by atoms with Gasteiger partial charge in [0.2, 0.25) is 0 Å². The highest BCUT2D eigenvalue weighted by Gasteiger charge is 2.10. The van der Waals surface area contributed by atoms with E-state index in [1.165, 1.54) is 18.2 Å². The fourth-order valence-corrected chi connectivity index (χ4v) is 1.67. The highest BCUT2D eigenvalue weighted by Crippen LogP contribution is 2.19. The van der Waals surface area contributed by atoms with Gasteiger partial charge in [0.05, 0.1) is 5.56 Å². The molecule has 0 unspecified atom stereocenters. The molecule has 5 nitrogen and oxygen atoms in total. The number of carbonyl (C=O) groups is 2. The zero-order valence-corrected chi connectivity index (χ0v) is 10.4. The van der Waals surface area contributed by atoms with Crippen LogP contribution < -0.4 is 4.74 Å². The van der Waals surface area contributed by atoms with Gasteiger partial charge < -0.3 is 14.9 Å². The van der Waals surface area contributed by atoms with E-state index in [9.17, 15) is 9.59 Å². The van der Waals surface area contributed by atoms with Crippen LogP contribution in [0.2, 0.25) is 0 Å². The van der Waals surface area contributed by atoms with Crippen molar-refractivity contribution in [1.82, 2.24) is 0 Å². The van der Waals surface area contributed by atoms with Crippen molar-refractivity contribution in [3.8, 4) is 5.75 Å². The van der Waals surface area contributed by atoms with Crippen molar-refractivity contribution in [2.45, 2.75) is 6.61 Å². The first-order valence-electron chi connectivity index (χ1n) is 5.85. The third-order valence-corrected chi connectivity index (χ3v) is 2.71. The fourth-order valence-electron chi connectivity index (χ4n) is 1.67.